The van der Waals surface area contributed by atoms with Crippen LogP contribution in [0.1, 0.15) is 40.2 Å². The highest BCUT2D eigenvalue weighted by atomic mass is 35.5. The fraction of sp³-hybridized carbons (Fsp3) is 0.333. The van der Waals surface area contributed by atoms with Gasteiger partial charge in [-0.25, -0.2) is 9.37 Å². The number of fused-ring (bicyclic) bond motifs is 1. The number of thiophene rings is 1. The van der Waals surface area contributed by atoms with Gasteiger partial charge in [0.25, 0.3) is 0 Å². The Hall–Kier alpha value is -2.18. The molecule has 1 aliphatic rings. The van der Waals surface area contributed by atoms with Gasteiger partial charge in [-0.1, -0.05) is 0 Å². The van der Waals surface area contributed by atoms with Gasteiger partial charge in [-0.3, -0.25) is 0 Å². The van der Waals surface area contributed by atoms with E-state index in [2.05, 4.69) is 28.6 Å². The molecule has 1 atom stereocenters. The fourth-order valence-electron chi connectivity index (χ4n) is 3.53. The van der Waals surface area contributed by atoms with Crippen molar-refractivity contribution in [3.05, 3.63) is 62.7 Å². The summed E-state index contributed by atoms with van der Waals surface area (Å²) in [5.74, 6) is 1.28. The van der Waals surface area contributed by atoms with Crippen molar-refractivity contribution in [2.45, 2.75) is 40.2 Å². The second-order valence-electron chi connectivity index (χ2n) is 7.10. The summed E-state index contributed by atoms with van der Waals surface area (Å²) in [6, 6.07) is 7.22. The maximum Gasteiger partial charge on any atom is 0.228 e. The van der Waals surface area contributed by atoms with Crippen molar-refractivity contribution in [1.82, 2.24) is 9.97 Å². The highest BCUT2D eigenvalue weighted by Crippen LogP contribution is 2.36. The average molecular weight is 419 g/mol. The molecule has 4 nitrogen and oxygen atoms in total. The van der Waals surface area contributed by atoms with E-state index in [9.17, 15) is 4.39 Å². The van der Waals surface area contributed by atoms with Crippen LogP contribution >= 0.6 is 23.7 Å². The number of benzene rings is 1. The van der Waals surface area contributed by atoms with Crippen LogP contribution < -0.4 is 10.2 Å². The number of aromatic nitrogens is 2. The Bertz CT molecular complexity index is 1000. The smallest absolute Gasteiger partial charge is 0.228 e. The molecule has 0 spiro atoms. The van der Waals surface area contributed by atoms with E-state index in [4.69, 9.17) is 9.97 Å². The quantitative estimate of drug-likeness (QED) is 0.575. The first-order valence-corrected chi connectivity index (χ1v) is 10.0. The zero-order chi connectivity index (χ0) is 19.1. The van der Waals surface area contributed by atoms with Gasteiger partial charge in [0.15, 0.2) is 0 Å². The van der Waals surface area contributed by atoms with Gasteiger partial charge in [0.05, 0.1) is 6.04 Å². The summed E-state index contributed by atoms with van der Waals surface area (Å²) < 4.78 is 13.4. The Balaban J connectivity index is 0.00000225. The van der Waals surface area contributed by atoms with Gasteiger partial charge in [0.2, 0.25) is 5.95 Å². The normalized spacial score (nSPS) is 15.8. The third kappa shape index (κ3) is 3.71. The predicted octanol–water partition coefficient (Wildman–Crippen LogP) is 5.89. The van der Waals surface area contributed by atoms with Crippen LogP contribution in [0.15, 0.2) is 29.6 Å². The van der Waals surface area contributed by atoms with Gasteiger partial charge < -0.3 is 10.2 Å². The molecule has 1 unspecified atom stereocenters. The van der Waals surface area contributed by atoms with E-state index in [1.807, 2.05) is 20.8 Å². The first-order valence-electron chi connectivity index (χ1n) is 9.15. The van der Waals surface area contributed by atoms with Gasteiger partial charge >= 0.3 is 0 Å². The average Bonchev–Trinajstić information content (AvgIpc) is 3.11. The van der Waals surface area contributed by atoms with E-state index >= 15 is 0 Å². The first kappa shape index (κ1) is 20.6. The van der Waals surface area contributed by atoms with Crippen LogP contribution in [0.25, 0.3) is 0 Å². The second-order valence-corrected chi connectivity index (χ2v) is 8.04. The van der Waals surface area contributed by atoms with Crippen molar-refractivity contribution in [3.8, 4) is 0 Å². The van der Waals surface area contributed by atoms with E-state index in [0.29, 0.717) is 0 Å². The summed E-state index contributed by atoms with van der Waals surface area (Å²) in [5, 5.41) is 5.54. The van der Waals surface area contributed by atoms with E-state index < -0.39 is 0 Å². The van der Waals surface area contributed by atoms with Gasteiger partial charge in [0.1, 0.15) is 11.6 Å². The molecule has 0 saturated carbocycles. The van der Waals surface area contributed by atoms with Gasteiger partial charge in [-0.2, -0.15) is 4.98 Å². The van der Waals surface area contributed by atoms with E-state index in [-0.39, 0.29) is 24.3 Å². The minimum atomic E-state index is -0.233. The Labute approximate surface area is 175 Å². The Morgan fingerprint density at radius 1 is 1.18 bits per heavy atom. The first-order chi connectivity index (χ1) is 12.9. The minimum absolute atomic E-state index is 0. The van der Waals surface area contributed by atoms with E-state index in [1.54, 1.807) is 17.4 Å². The largest absolute Gasteiger partial charge is 0.340 e. The Morgan fingerprint density at radius 3 is 2.71 bits per heavy atom. The monoisotopic (exact) mass is 418 g/mol. The molecule has 148 valence electrons. The standard InChI is InChI=1S/C21H23FN4S.ClH/c1-12-11-17(22)5-6-18(12)24-20-13(2)14(3)23-21(25-20)26-9-7-16-8-10-27-19(16)15(26)4;/h5-6,8,10-11,15H,7,9H2,1-4H3,(H,23,24,25);1H. The lowest BCUT2D eigenvalue weighted by molar-refractivity contribution is 0.618. The van der Waals surface area contributed by atoms with Crippen molar-refractivity contribution in [2.75, 3.05) is 16.8 Å². The molecular formula is C21H24ClFN4S. The molecular weight excluding hydrogens is 395 g/mol. The maximum absolute atomic E-state index is 13.4. The second kappa shape index (κ2) is 8.05. The number of rotatable bonds is 3. The van der Waals surface area contributed by atoms with Crippen molar-refractivity contribution in [1.29, 1.82) is 0 Å². The third-order valence-electron chi connectivity index (χ3n) is 5.33. The number of hydrogen-bond acceptors (Lipinski definition) is 5. The molecule has 3 aromatic rings. The van der Waals surface area contributed by atoms with Crippen LogP contribution in [-0.4, -0.2) is 16.5 Å². The van der Waals surface area contributed by atoms with Crippen LogP contribution in [0, 0.1) is 26.6 Å². The Morgan fingerprint density at radius 2 is 1.96 bits per heavy atom. The highest BCUT2D eigenvalue weighted by Gasteiger charge is 2.27. The van der Waals surface area contributed by atoms with Crippen LogP contribution in [0.2, 0.25) is 0 Å². The number of anilines is 3. The zero-order valence-corrected chi connectivity index (χ0v) is 18.0. The molecule has 7 heteroatoms. The van der Waals surface area contributed by atoms with Crippen LogP contribution in [0.5, 0.6) is 0 Å². The molecule has 28 heavy (non-hydrogen) atoms. The third-order valence-corrected chi connectivity index (χ3v) is 6.45. The summed E-state index contributed by atoms with van der Waals surface area (Å²) in [7, 11) is 0. The molecule has 0 radical (unpaired) electrons. The molecule has 0 amide bonds. The van der Waals surface area contributed by atoms with Crippen LogP contribution in [-0.2, 0) is 6.42 Å². The lowest BCUT2D eigenvalue weighted by Gasteiger charge is -2.34. The summed E-state index contributed by atoms with van der Waals surface area (Å²) >= 11 is 1.80. The van der Waals surface area contributed by atoms with E-state index in [0.717, 1.165) is 47.2 Å². The molecule has 0 aliphatic carbocycles. The maximum atomic E-state index is 13.4. The molecule has 2 aromatic heterocycles. The van der Waals surface area contributed by atoms with Crippen LogP contribution in [0.4, 0.5) is 21.8 Å². The van der Waals surface area contributed by atoms with Crippen LogP contribution in [0.3, 0.4) is 0 Å². The number of hydrogen-bond donors (Lipinski definition) is 1. The molecule has 1 N–H and O–H groups in total. The summed E-state index contributed by atoms with van der Waals surface area (Å²) in [6.45, 7) is 9.03. The summed E-state index contributed by atoms with van der Waals surface area (Å²) in [6.07, 6.45) is 1.01. The fourth-order valence-corrected chi connectivity index (χ4v) is 4.55. The predicted molar refractivity (Wildman–Crippen MR) is 117 cm³/mol. The van der Waals surface area contributed by atoms with Gasteiger partial charge in [-0.05, 0) is 74.9 Å². The molecule has 1 aromatic carbocycles. The molecule has 0 bridgehead atoms. The van der Waals surface area contributed by atoms with Crippen molar-refractivity contribution in [2.24, 2.45) is 0 Å². The topological polar surface area (TPSA) is 41.1 Å². The summed E-state index contributed by atoms with van der Waals surface area (Å²) in [4.78, 5) is 13.3. The SMILES string of the molecule is Cc1cc(F)ccc1Nc1nc(N2CCc3ccsc3C2C)nc(C)c1C.Cl. The molecule has 1 aliphatic heterocycles. The molecule has 0 saturated heterocycles. The van der Waals surface area contributed by atoms with Crippen molar-refractivity contribution < 1.29 is 4.39 Å². The lowest BCUT2D eigenvalue weighted by atomic mass is 10.0. The van der Waals surface area contributed by atoms with E-state index in [1.165, 1.54) is 22.6 Å². The van der Waals surface area contributed by atoms with Crippen molar-refractivity contribution in [3.63, 3.8) is 0 Å². The molecule has 3 heterocycles. The zero-order valence-electron chi connectivity index (χ0n) is 16.4. The lowest BCUT2D eigenvalue weighted by Crippen LogP contribution is -2.34. The van der Waals surface area contributed by atoms with Crippen molar-refractivity contribution >= 4 is 41.2 Å². The number of nitrogens with one attached hydrogen (secondary N) is 1. The van der Waals surface area contributed by atoms with Gasteiger partial charge in [0, 0.05) is 28.4 Å². The minimum Gasteiger partial charge on any atom is -0.340 e. The molecule has 4 rings (SSSR count). The number of aryl methyl sites for hydroxylation is 2. The molecule has 0 fully saturated rings. The van der Waals surface area contributed by atoms with Gasteiger partial charge in [-0.15, -0.1) is 23.7 Å². The Kier molecular flexibility index (Phi) is 5.91. The number of halogens is 2. The number of nitrogens with zero attached hydrogens (tertiary/aromatic N) is 3. The summed E-state index contributed by atoms with van der Waals surface area (Å²) in [5.41, 5.74) is 5.10. The highest BCUT2D eigenvalue weighted by molar-refractivity contribution is 7.10.